The van der Waals surface area contributed by atoms with Gasteiger partial charge in [-0.3, -0.25) is 0 Å². The van der Waals surface area contributed by atoms with Crippen LogP contribution in [0.4, 0.5) is 5.82 Å². The average Bonchev–Trinajstić information content (AvgIpc) is 2.72. The number of aliphatic hydroxyl groups is 1. The Morgan fingerprint density at radius 2 is 2.14 bits per heavy atom. The summed E-state index contributed by atoms with van der Waals surface area (Å²) in [6, 6.07) is 0. The zero-order chi connectivity index (χ0) is 16.3. The lowest BCUT2D eigenvalue weighted by molar-refractivity contribution is -0.0974. The fraction of sp³-hybridized carbons (Fsp3) is 0.733. The molecule has 6 nitrogen and oxygen atoms in total. The molecule has 0 unspecified atom stereocenters. The van der Waals surface area contributed by atoms with Crippen LogP contribution in [0, 0.1) is 23.7 Å². The van der Waals surface area contributed by atoms with E-state index in [1.54, 1.807) is 6.92 Å². The third kappa shape index (κ3) is 2.22. The predicted molar refractivity (Wildman–Crippen MR) is 83.5 cm³/mol. The summed E-state index contributed by atoms with van der Waals surface area (Å²) < 4.78 is 24.0. The molecule has 1 aromatic heterocycles. The van der Waals surface area contributed by atoms with Gasteiger partial charge in [0, 0.05) is 24.8 Å². The number of aromatic nitrogens is 2. The van der Waals surface area contributed by atoms with Crippen LogP contribution in [0.3, 0.4) is 0 Å². The van der Waals surface area contributed by atoms with E-state index in [2.05, 4.69) is 23.8 Å². The normalized spacial score (nSPS) is 30.0. The Kier molecular flexibility index (Phi) is 3.31. The highest BCUT2D eigenvalue weighted by molar-refractivity contribution is 7.90. The van der Waals surface area contributed by atoms with Gasteiger partial charge in [-0.1, -0.05) is 13.8 Å². The van der Waals surface area contributed by atoms with Crippen LogP contribution >= 0.6 is 0 Å². The van der Waals surface area contributed by atoms with Crippen LogP contribution in [0.2, 0.25) is 0 Å². The molecule has 1 aliphatic heterocycles. The number of hydrogen-bond donors (Lipinski definition) is 1. The Labute approximate surface area is 131 Å². The fourth-order valence-corrected chi connectivity index (χ4v) is 5.19. The van der Waals surface area contributed by atoms with E-state index in [0.29, 0.717) is 24.1 Å². The van der Waals surface area contributed by atoms with Gasteiger partial charge in [0.15, 0.2) is 15.7 Å². The summed E-state index contributed by atoms with van der Waals surface area (Å²) in [5.74, 6) is 1.39. The summed E-state index contributed by atoms with van der Waals surface area (Å²) in [5, 5.41) is 9.85. The Hall–Kier alpha value is -1.21. The molecule has 0 radical (unpaired) electrons. The largest absolute Gasteiger partial charge is 0.396 e. The zero-order valence-electron chi connectivity index (χ0n) is 13.5. The molecule has 1 aromatic rings. The van der Waals surface area contributed by atoms with Gasteiger partial charge in [0.25, 0.3) is 0 Å². The van der Waals surface area contributed by atoms with Crippen LogP contribution in [0.1, 0.15) is 26.1 Å². The molecule has 0 bridgehead atoms. The second-order valence-electron chi connectivity index (χ2n) is 7.50. The second kappa shape index (κ2) is 4.64. The van der Waals surface area contributed by atoms with E-state index in [4.69, 9.17) is 0 Å². The molecule has 3 rings (SSSR count). The number of anilines is 1. The zero-order valence-corrected chi connectivity index (χ0v) is 14.3. The number of fused-ring (bicyclic) bond motifs is 1. The van der Waals surface area contributed by atoms with Crippen molar-refractivity contribution in [2.75, 3.05) is 30.9 Å². The van der Waals surface area contributed by atoms with Crippen LogP contribution in [0.15, 0.2) is 11.1 Å². The van der Waals surface area contributed by atoms with E-state index in [-0.39, 0.29) is 22.3 Å². The molecular formula is C15H23N3O3S. The minimum absolute atomic E-state index is 0.128. The van der Waals surface area contributed by atoms with Gasteiger partial charge >= 0.3 is 0 Å². The number of nitrogens with zero attached hydrogens (tertiary/aromatic N) is 3. The maximum absolute atomic E-state index is 12.0. The van der Waals surface area contributed by atoms with Crippen molar-refractivity contribution in [2.45, 2.75) is 32.1 Å². The molecular weight excluding hydrogens is 302 g/mol. The monoisotopic (exact) mass is 325 g/mol. The number of hydrogen-bond acceptors (Lipinski definition) is 6. The summed E-state index contributed by atoms with van der Waals surface area (Å²) in [6.45, 7) is 7.68. The third-order valence-corrected chi connectivity index (χ3v) is 6.36. The summed E-state index contributed by atoms with van der Waals surface area (Å²) >= 11 is 0. The number of aliphatic hydroxyl groups excluding tert-OH is 1. The second-order valence-corrected chi connectivity index (χ2v) is 9.48. The number of rotatable bonds is 3. The van der Waals surface area contributed by atoms with Crippen molar-refractivity contribution in [1.82, 2.24) is 9.97 Å². The first-order valence-corrected chi connectivity index (χ1v) is 9.38. The van der Waals surface area contributed by atoms with Crippen molar-refractivity contribution in [3.8, 4) is 0 Å². The lowest BCUT2D eigenvalue weighted by Gasteiger charge is -2.55. The number of aryl methyl sites for hydroxylation is 1. The lowest BCUT2D eigenvalue weighted by Crippen LogP contribution is -2.54. The molecule has 2 atom stereocenters. The Bertz CT molecular complexity index is 717. The van der Waals surface area contributed by atoms with Crippen molar-refractivity contribution >= 4 is 15.7 Å². The molecule has 0 spiro atoms. The van der Waals surface area contributed by atoms with Gasteiger partial charge in [0.05, 0.1) is 12.8 Å². The molecule has 2 aliphatic rings. The Balaban J connectivity index is 2.02. The van der Waals surface area contributed by atoms with Crippen LogP contribution in [0.5, 0.6) is 0 Å². The van der Waals surface area contributed by atoms with E-state index in [0.717, 1.165) is 13.0 Å². The maximum Gasteiger partial charge on any atom is 0.180 e. The van der Waals surface area contributed by atoms with Crippen LogP contribution < -0.4 is 4.90 Å². The summed E-state index contributed by atoms with van der Waals surface area (Å²) in [5.41, 5.74) is 0.0436. The van der Waals surface area contributed by atoms with Crippen molar-refractivity contribution in [3.63, 3.8) is 0 Å². The Morgan fingerprint density at radius 1 is 1.45 bits per heavy atom. The van der Waals surface area contributed by atoms with E-state index < -0.39 is 9.84 Å². The predicted octanol–water partition coefficient (Wildman–Crippen LogP) is 1.03. The smallest absolute Gasteiger partial charge is 0.180 e. The molecule has 7 heteroatoms. The van der Waals surface area contributed by atoms with Crippen LogP contribution in [-0.4, -0.2) is 49.4 Å². The molecule has 1 saturated carbocycles. The summed E-state index contributed by atoms with van der Waals surface area (Å²) in [4.78, 5) is 10.6. The van der Waals surface area contributed by atoms with E-state index in [1.165, 1.54) is 12.5 Å². The van der Waals surface area contributed by atoms with Crippen LogP contribution in [-0.2, 0) is 9.84 Å². The standard InChI is InChI=1S/C15H23N3O3S/c1-10-16-5-11(22(4,20)21)13(17-10)18-6-12-14(2,3)7-15(12,8-18)9-19/h5,12,19H,6-9H2,1-4H3/t12-,15-/m1/s1. The highest BCUT2D eigenvalue weighted by atomic mass is 32.2. The highest BCUT2D eigenvalue weighted by Crippen LogP contribution is 2.62. The van der Waals surface area contributed by atoms with Gasteiger partial charge in [-0.25, -0.2) is 18.4 Å². The molecule has 2 fully saturated rings. The SMILES string of the molecule is Cc1ncc(S(C)(=O)=O)c(N2C[C@@H]3C(C)(C)C[C@]3(CO)C2)n1. The number of sulfone groups is 1. The maximum atomic E-state index is 12.0. The molecule has 22 heavy (non-hydrogen) atoms. The van der Waals surface area contributed by atoms with Gasteiger partial charge < -0.3 is 10.0 Å². The van der Waals surface area contributed by atoms with Gasteiger partial charge in [-0.05, 0) is 24.7 Å². The highest BCUT2D eigenvalue weighted by Gasteiger charge is 2.62. The quantitative estimate of drug-likeness (QED) is 0.894. The van der Waals surface area contributed by atoms with Crippen LogP contribution in [0.25, 0.3) is 0 Å². The minimum Gasteiger partial charge on any atom is -0.396 e. The van der Waals surface area contributed by atoms with Gasteiger partial charge in [-0.15, -0.1) is 0 Å². The minimum atomic E-state index is -3.39. The van der Waals surface area contributed by atoms with Gasteiger partial charge in [0.1, 0.15) is 10.7 Å². The third-order valence-electron chi connectivity index (χ3n) is 5.27. The van der Waals surface area contributed by atoms with Gasteiger partial charge in [-0.2, -0.15) is 0 Å². The molecule has 1 N–H and O–H groups in total. The topological polar surface area (TPSA) is 83.4 Å². The molecule has 1 aliphatic carbocycles. The molecule has 1 saturated heterocycles. The molecule has 0 aromatic carbocycles. The molecule has 0 amide bonds. The Morgan fingerprint density at radius 3 is 2.64 bits per heavy atom. The average molecular weight is 325 g/mol. The van der Waals surface area contributed by atoms with E-state index in [9.17, 15) is 13.5 Å². The first-order chi connectivity index (χ1) is 10.1. The summed E-state index contributed by atoms with van der Waals surface area (Å²) in [6.07, 6.45) is 3.53. The molecule has 122 valence electrons. The first kappa shape index (κ1) is 15.7. The van der Waals surface area contributed by atoms with Crippen molar-refractivity contribution in [2.24, 2.45) is 16.7 Å². The van der Waals surface area contributed by atoms with Crippen molar-refractivity contribution in [1.29, 1.82) is 0 Å². The first-order valence-electron chi connectivity index (χ1n) is 7.49. The van der Waals surface area contributed by atoms with Gasteiger partial charge in [0.2, 0.25) is 0 Å². The van der Waals surface area contributed by atoms with E-state index in [1.807, 2.05) is 4.90 Å². The molecule has 2 heterocycles. The fourth-order valence-electron chi connectivity index (χ4n) is 4.44. The summed E-state index contributed by atoms with van der Waals surface area (Å²) in [7, 11) is -3.39. The van der Waals surface area contributed by atoms with Crippen molar-refractivity contribution < 1.29 is 13.5 Å². The lowest BCUT2D eigenvalue weighted by atomic mass is 9.48. The van der Waals surface area contributed by atoms with E-state index >= 15 is 0 Å². The van der Waals surface area contributed by atoms with Crippen molar-refractivity contribution in [3.05, 3.63) is 12.0 Å².